The number of nitrogens with two attached hydrogens (primary N) is 1. The topological polar surface area (TPSA) is 83.6 Å². The van der Waals surface area contributed by atoms with Gasteiger partial charge in [-0.2, -0.15) is 0 Å². The van der Waals surface area contributed by atoms with Crippen LogP contribution in [0.25, 0.3) is 0 Å². The van der Waals surface area contributed by atoms with Crippen LogP contribution < -0.4 is 5.73 Å². The number of primary amides is 1. The van der Waals surface area contributed by atoms with Crippen LogP contribution in [0, 0.1) is 0 Å². The Hall–Kier alpha value is -1.39. The molecule has 1 amide bonds. The third kappa shape index (κ3) is 2.54. The zero-order valence-electron chi connectivity index (χ0n) is 6.97. The summed E-state index contributed by atoms with van der Waals surface area (Å²) in [5, 5.41) is 18.3. The summed E-state index contributed by atoms with van der Waals surface area (Å²) in [4.78, 5) is 10.5. The van der Waals surface area contributed by atoms with E-state index in [1.165, 1.54) is 0 Å². The molecule has 0 heterocycles. The van der Waals surface area contributed by atoms with E-state index in [0.717, 1.165) is 0 Å². The summed E-state index contributed by atoms with van der Waals surface area (Å²) in [6.07, 6.45) is -0.191. The van der Waals surface area contributed by atoms with E-state index >= 15 is 0 Å². The molecule has 0 spiro atoms. The van der Waals surface area contributed by atoms with E-state index in [9.17, 15) is 4.79 Å². The number of amides is 1. The molecule has 0 fully saturated rings. The Balaban J connectivity index is 2.75. The predicted molar refractivity (Wildman–Crippen MR) is 46.5 cm³/mol. The largest absolute Gasteiger partial charge is 0.365 e. The number of rotatable bonds is 3. The maximum Gasteiger partial charge on any atom is 0.277 e. The lowest BCUT2D eigenvalue weighted by molar-refractivity contribution is -0.180. The van der Waals surface area contributed by atoms with Gasteiger partial charge in [0.1, 0.15) is 0 Å². The minimum absolute atomic E-state index is 0.191. The first-order valence-corrected chi connectivity index (χ1v) is 3.81. The van der Waals surface area contributed by atoms with Crippen LogP contribution in [0.1, 0.15) is 5.56 Å². The molecule has 0 atom stereocenters. The molecule has 1 rings (SSSR count). The van der Waals surface area contributed by atoms with Crippen molar-refractivity contribution in [3.8, 4) is 0 Å². The summed E-state index contributed by atoms with van der Waals surface area (Å²) in [6.45, 7) is 0. The molecular formula is C9H11NO3. The number of aliphatic hydroxyl groups is 2. The second kappa shape index (κ2) is 3.55. The van der Waals surface area contributed by atoms with Crippen molar-refractivity contribution in [2.45, 2.75) is 12.2 Å². The van der Waals surface area contributed by atoms with Gasteiger partial charge in [0.25, 0.3) is 5.91 Å². The third-order valence-electron chi connectivity index (χ3n) is 1.69. The van der Waals surface area contributed by atoms with E-state index in [1.54, 1.807) is 30.3 Å². The Labute approximate surface area is 75.6 Å². The molecule has 0 aliphatic heterocycles. The van der Waals surface area contributed by atoms with Crippen molar-refractivity contribution in [3.63, 3.8) is 0 Å². The molecule has 0 aliphatic carbocycles. The molecular weight excluding hydrogens is 170 g/mol. The minimum atomic E-state index is -2.46. The molecule has 13 heavy (non-hydrogen) atoms. The quantitative estimate of drug-likeness (QED) is 0.544. The zero-order valence-corrected chi connectivity index (χ0v) is 6.97. The van der Waals surface area contributed by atoms with Gasteiger partial charge in [-0.3, -0.25) is 4.79 Å². The molecule has 0 aromatic heterocycles. The minimum Gasteiger partial charge on any atom is -0.365 e. The van der Waals surface area contributed by atoms with Crippen LogP contribution in [0.2, 0.25) is 0 Å². The van der Waals surface area contributed by atoms with Gasteiger partial charge in [0.15, 0.2) is 0 Å². The smallest absolute Gasteiger partial charge is 0.277 e. The number of hydrogen-bond donors (Lipinski definition) is 3. The van der Waals surface area contributed by atoms with Crippen molar-refractivity contribution in [2.75, 3.05) is 0 Å². The molecule has 1 aromatic carbocycles. The van der Waals surface area contributed by atoms with E-state index in [-0.39, 0.29) is 6.42 Å². The maximum atomic E-state index is 10.5. The average molecular weight is 181 g/mol. The number of hydrogen-bond acceptors (Lipinski definition) is 3. The van der Waals surface area contributed by atoms with Crippen LogP contribution in [-0.2, 0) is 11.2 Å². The summed E-state index contributed by atoms with van der Waals surface area (Å²) >= 11 is 0. The maximum absolute atomic E-state index is 10.5. The fraction of sp³-hybridized carbons (Fsp3) is 0.222. The molecule has 1 aromatic rings. The van der Waals surface area contributed by atoms with Gasteiger partial charge in [-0.15, -0.1) is 0 Å². The van der Waals surface area contributed by atoms with E-state index < -0.39 is 11.7 Å². The Morgan fingerprint density at radius 1 is 1.31 bits per heavy atom. The van der Waals surface area contributed by atoms with Crippen molar-refractivity contribution in [1.29, 1.82) is 0 Å². The normalized spacial score (nSPS) is 11.2. The fourth-order valence-corrected chi connectivity index (χ4v) is 0.968. The van der Waals surface area contributed by atoms with Gasteiger partial charge in [0.05, 0.1) is 0 Å². The standard InChI is InChI=1S/C9H11NO3/c10-8(11)9(12,13)6-7-4-2-1-3-5-7/h1-5,12-13H,6H2,(H2,10,11). The first-order chi connectivity index (χ1) is 6.02. The van der Waals surface area contributed by atoms with Crippen LogP contribution >= 0.6 is 0 Å². The van der Waals surface area contributed by atoms with Crippen molar-refractivity contribution >= 4 is 5.91 Å². The van der Waals surface area contributed by atoms with Gasteiger partial charge < -0.3 is 15.9 Å². The molecule has 0 unspecified atom stereocenters. The van der Waals surface area contributed by atoms with Gasteiger partial charge in [-0.1, -0.05) is 30.3 Å². The molecule has 4 nitrogen and oxygen atoms in total. The second-order valence-electron chi connectivity index (χ2n) is 2.84. The second-order valence-corrected chi connectivity index (χ2v) is 2.84. The Bertz CT molecular complexity index is 295. The van der Waals surface area contributed by atoms with Gasteiger partial charge in [0, 0.05) is 6.42 Å². The van der Waals surface area contributed by atoms with E-state index in [2.05, 4.69) is 0 Å². The first kappa shape index (κ1) is 9.70. The summed E-state index contributed by atoms with van der Waals surface area (Å²) < 4.78 is 0. The zero-order chi connectivity index (χ0) is 9.90. The molecule has 0 saturated heterocycles. The Morgan fingerprint density at radius 3 is 2.31 bits per heavy atom. The van der Waals surface area contributed by atoms with Crippen LogP contribution in [0.5, 0.6) is 0 Å². The first-order valence-electron chi connectivity index (χ1n) is 3.81. The monoisotopic (exact) mass is 181 g/mol. The van der Waals surface area contributed by atoms with Crippen molar-refractivity contribution in [3.05, 3.63) is 35.9 Å². The predicted octanol–water partition coefficient (Wildman–Crippen LogP) is -0.605. The number of carbonyl (C=O) groups is 1. The molecule has 70 valence electrons. The molecule has 0 bridgehead atoms. The SMILES string of the molecule is NC(=O)C(O)(O)Cc1ccccc1. The van der Waals surface area contributed by atoms with E-state index in [1.807, 2.05) is 0 Å². The highest BCUT2D eigenvalue weighted by molar-refractivity contribution is 5.81. The van der Waals surface area contributed by atoms with E-state index in [0.29, 0.717) is 5.56 Å². The molecule has 4 heteroatoms. The number of carbonyl (C=O) groups excluding carboxylic acids is 1. The molecule has 0 radical (unpaired) electrons. The van der Waals surface area contributed by atoms with Crippen molar-refractivity contribution < 1.29 is 15.0 Å². The Kier molecular flexibility index (Phi) is 2.65. The lowest BCUT2D eigenvalue weighted by Gasteiger charge is -2.16. The van der Waals surface area contributed by atoms with Crippen LogP contribution in [0.15, 0.2) is 30.3 Å². The highest BCUT2D eigenvalue weighted by Gasteiger charge is 2.30. The Morgan fingerprint density at radius 2 is 1.85 bits per heavy atom. The van der Waals surface area contributed by atoms with Crippen LogP contribution in [0.3, 0.4) is 0 Å². The van der Waals surface area contributed by atoms with Crippen molar-refractivity contribution in [1.82, 2.24) is 0 Å². The third-order valence-corrected chi connectivity index (χ3v) is 1.69. The van der Waals surface area contributed by atoms with Crippen LogP contribution in [0.4, 0.5) is 0 Å². The van der Waals surface area contributed by atoms with Crippen molar-refractivity contribution in [2.24, 2.45) is 5.73 Å². The molecule has 4 N–H and O–H groups in total. The fourth-order valence-electron chi connectivity index (χ4n) is 0.968. The lowest BCUT2D eigenvalue weighted by atomic mass is 10.1. The lowest BCUT2D eigenvalue weighted by Crippen LogP contribution is -2.45. The van der Waals surface area contributed by atoms with Gasteiger partial charge in [-0.25, -0.2) is 0 Å². The van der Waals surface area contributed by atoms with Gasteiger partial charge in [-0.05, 0) is 5.56 Å². The van der Waals surface area contributed by atoms with E-state index in [4.69, 9.17) is 15.9 Å². The summed E-state index contributed by atoms with van der Waals surface area (Å²) in [5.74, 6) is -3.60. The number of benzene rings is 1. The average Bonchev–Trinajstić information content (AvgIpc) is 2.05. The van der Waals surface area contributed by atoms with Gasteiger partial charge in [0.2, 0.25) is 5.79 Å². The summed E-state index contributed by atoms with van der Waals surface area (Å²) in [5.41, 5.74) is 5.42. The highest BCUT2D eigenvalue weighted by Crippen LogP contribution is 2.09. The van der Waals surface area contributed by atoms with Crippen LogP contribution in [-0.4, -0.2) is 21.9 Å². The molecule has 0 saturated carbocycles. The summed E-state index contributed by atoms with van der Waals surface area (Å²) in [6, 6.07) is 8.65. The van der Waals surface area contributed by atoms with Gasteiger partial charge >= 0.3 is 0 Å². The highest BCUT2D eigenvalue weighted by atomic mass is 16.5. The summed E-state index contributed by atoms with van der Waals surface area (Å²) in [7, 11) is 0. The molecule has 0 aliphatic rings.